The van der Waals surface area contributed by atoms with Crippen molar-refractivity contribution in [2.24, 2.45) is 23.7 Å². The maximum atomic E-state index is 11.4. The van der Waals surface area contributed by atoms with Crippen LogP contribution < -0.4 is 0 Å². The monoisotopic (exact) mass is 228 g/mol. The van der Waals surface area contributed by atoms with E-state index in [1.807, 2.05) is 0 Å². The second-order valence-corrected chi connectivity index (χ2v) is 5.46. The molecule has 16 heavy (non-hydrogen) atoms. The number of ether oxygens (including phenoxy) is 1. The first-order valence-electron chi connectivity index (χ1n) is 6.23. The molecule has 0 spiro atoms. The van der Waals surface area contributed by atoms with Crippen LogP contribution in [0.4, 0.5) is 0 Å². The minimum absolute atomic E-state index is 0.0659. The van der Waals surface area contributed by atoms with Gasteiger partial charge >= 0.3 is 5.97 Å². The fourth-order valence-corrected chi connectivity index (χ4v) is 2.93. The van der Waals surface area contributed by atoms with Gasteiger partial charge in [0.1, 0.15) is 0 Å². The van der Waals surface area contributed by atoms with Gasteiger partial charge in [-0.05, 0) is 36.5 Å². The summed E-state index contributed by atoms with van der Waals surface area (Å²) in [6, 6.07) is 0. The molecule has 1 N–H and O–H groups in total. The summed E-state index contributed by atoms with van der Waals surface area (Å²) in [6.07, 6.45) is 2.30. The van der Waals surface area contributed by atoms with E-state index in [1.54, 1.807) is 0 Å². The van der Waals surface area contributed by atoms with Crippen LogP contribution in [0.5, 0.6) is 0 Å². The van der Waals surface area contributed by atoms with E-state index >= 15 is 0 Å². The molecule has 0 saturated heterocycles. The van der Waals surface area contributed by atoms with Gasteiger partial charge in [0, 0.05) is 0 Å². The van der Waals surface area contributed by atoms with E-state index in [1.165, 1.54) is 13.5 Å². The third kappa shape index (κ3) is 2.97. The lowest BCUT2D eigenvalue weighted by atomic mass is 9.68. The molecule has 3 heteroatoms. The van der Waals surface area contributed by atoms with Crippen molar-refractivity contribution >= 4 is 5.97 Å². The molecule has 94 valence electrons. The van der Waals surface area contributed by atoms with Gasteiger partial charge in [-0.25, -0.2) is 4.79 Å². The van der Waals surface area contributed by atoms with E-state index in [0.29, 0.717) is 17.8 Å². The molecule has 1 saturated carbocycles. The predicted molar refractivity (Wildman–Crippen MR) is 62.9 cm³/mol. The number of carbonyl (C=O) groups excluding carboxylic acids is 1. The van der Waals surface area contributed by atoms with Gasteiger partial charge in [-0.3, -0.25) is 0 Å². The van der Waals surface area contributed by atoms with E-state index < -0.39 is 12.1 Å². The third-order valence-electron chi connectivity index (χ3n) is 3.92. The van der Waals surface area contributed by atoms with Gasteiger partial charge in [-0.2, -0.15) is 0 Å². The Morgan fingerprint density at radius 1 is 1.31 bits per heavy atom. The number of carbonyl (C=O) groups is 1. The highest BCUT2D eigenvalue weighted by Crippen LogP contribution is 2.39. The Balaban J connectivity index is 2.74. The molecule has 0 aromatic heterocycles. The predicted octanol–water partition coefficient (Wildman–Crippen LogP) is 2.23. The van der Waals surface area contributed by atoms with Crippen molar-refractivity contribution < 1.29 is 14.6 Å². The molecule has 0 amide bonds. The van der Waals surface area contributed by atoms with Crippen LogP contribution in [-0.2, 0) is 9.53 Å². The zero-order valence-electron chi connectivity index (χ0n) is 10.8. The number of esters is 1. The summed E-state index contributed by atoms with van der Waals surface area (Å²) in [5, 5.41) is 10.0. The molecule has 1 fully saturated rings. The SMILES string of the molecule is COC(=O)C(O)C1CC(C)CCC1C(C)C. The largest absolute Gasteiger partial charge is 0.467 e. The first-order valence-corrected chi connectivity index (χ1v) is 6.23. The first kappa shape index (κ1) is 13.5. The van der Waals surface area contributed by atoms with Gasteiger partial charge in [0.2, 0.25) is 0 Å². The fourth-order valence-electron chi connectivity index (χ4n) is 2.93. The standard InChI is InChI=1S/C13H24O3/c1-8(2)10-6-5-9(3)7-11(10)12(14)13(15)16-4/h8-12,14H,5-7H2,1-4H3. The van der Waals surface area contributed by atoms with Crippen molar-refractivity contribution in [1.82, 2.24) is 0 Å². The highest BCUT2D eigenvalue weighted by molar-refractivity contribution is 5.74. The maximum absolute atomic E-state index is 11.4. The molecular formula is C13H24O3. The molecule has 0 radical (unpaired) electrons. The van der Waals surface area contributed by atoms with E-state index in [-0.39, 0.29) is 5.92 Å². The van der Waals surface area contributed by atoms with E-state index in [9.17, 15) is 9.90 Å². The number of hydrogen-bond donors (Lipinski definition) is 1. The molecule has 1 aliphatic carbocycles. The molecule has 0 bridgehead atoms. The highest BCUT2D eigenvalue weighted by atomic mass is 16.5. The summed E-state index contributed by atoms with van der Waals surface area (Å²) < 4.78 is 4.64. The second-order valence-electron chi connectivity index (χ2n) is 5.46. The van der Waals surface area contributed by atoms with Crippen LogP contribution in [0.15, 0.2) is 0 Å². The van der Waals surface area contributed by atoms with Crippen molar-refractivity contribution in [3.8, 4) is 0 Å². The van der Waals surface area contributed by atoms with Gasteiger partial charge in [-0.15, -0.1) is 0 Å². The first-order chi connectivity index (χ1) is 7.47. The Morgan fingerprint density at radius 3 is 2.44 bits per heavy atom. The number of aliphatic hydroxyl groups excluding tert-OH is 1. The van der Waals surface area contributed by atoms with Crippen LogP contribution >= 0.6 is 0 Å². The van der Waals surface area contributed by atoms with E-state index in [2.05, 4.69) is 25.5 Å². The Morgan fingerprint density at radius 2 is 1.94 bits per heavy atom. The Labute approximate surface area is 98.2 Å². The van der Waals surface area contributed by atoms with Crippen molar-refractivity contribution in [2.45, 2.75) is 46.1 Å². The van der Waals surface area contributed by atoms with E-state index in [4.69, 9.17) is 0 Å². The quantitative estimate of drug-likeness (QED) is 0.753. The zero-order chi connectivity index (χ0) is 12.3. The summed E-state index contributed by atoms with van der Waals surface area (Å²) >= 11 is 0. The van der Waals surface area contributed by atoms with Crippen LogP contribution in [0.3, 0.4) is 0 Å². The van der Waals surface area contributed by atoms with Crippen molar-refractivity contribution in [2.75, 3.05) is 7.11 Å². The van der Waals surface area contributed by atoms with Crippen molar-refractivity contribution in [1.29, 1.82) is 0 Å². The minimum Gasteiger partial charge on any atom is -0.467 e. The minimum atomic E-state index is -0.944. The normalized spacial score (nSPS) is 32.5. The Bertz CT molecular complexity index is 237. The molecule has 0 aromatic rings. The average molecular weight is 228 g/mol. The smallest absolute Gasteiger partial charge is 0.334 e. The van der Waals surface area contributed by atoms with Gasteiger partial charge in [0.25, 0.3) is 0 Å². The summed E-state index contributed by atoms with van der Waals surface area (Å²) in [5.41, 5.74) is 0. The molecule has 0 heterocycles. The highest BCUT2D eigenvalue weighted by Gasteiger charge is 2.38. The molecule has 0 aromatic carbocycles. The topological polar surface area (TPSA) is 46.5 Å². The van der Waals surface area contributed by atoms with Crippen molar-refractivity contribution in [3.63, 3.8) is 0 Å². The van der Waals surface area contributed by atoms with Crippen LogP contribution in [0.2, 0.25) is 0 Å². The molecule has 3 nitrogen and oxygen atoms in total. The number of aliphatic hydroxyl groups is 1. The van der Waals surface area contributed by atoms with E-state index in [0.717, 1.165) is 12.8 Å². The zero-order valence-corrected chi connectivity index (χ0v) is 10.8. The molecule has 4 unspecified atom stereocenters. The molecule has 0 aliphatic heterocycles. The number of methoxy groups -OCH3 is 1. The molecular weight excluding hydrogens is 204 g/mol. The van der Waals surface area contributed by atoms with Crippen LogP contribution in [0, 0.1) is 23.7 Å². The molecule has 1 aliphatic rings. The second kappa shape index (κ2) is 5.67. The van der Waals surface area contributed by atoms with Crippen LogP contribution in [0.1, 0.15) is 40.0 Å². The summed E-state index contributed by atoms with van der Waals surface area (Å²) in [6.45, 7) is 6.52. The lowest BCUT2D eigenvalue weighted by Crippen LogP contribution is -2.40. The Kier molecular flexibility index (Phi) is 4.78. The average Bonchev–Trinajstić information content (AvgIpc) is 2.26. The summed E-state index contributed by atoms with van der Waals surface area (Å²) in [5.74, 6) is 1.13. The summed E-state index contributed by atoms with van der Waals surface area (Å²) in [7, 11) is 1.34. The summed E-state index contributed by atoms with van der Waals surface area (Å²) in [4.78, 5) is 11.4. The Hall–Kier alpha value is -0.570. The van der Waals surface area contributed by atoms with Gasteiger partial charge in [0.15, 0.2) is 6.10 Å². The third-order valence-corrected chi connectivity index (χ3v) is 3.92. The molecule has 1 rings (SSSR count). The molecule has 4 atom stereocenters. The van der Waals surface area contributed by atoms with Crippen LogP contribution in [0.25, 0.3) is 0 Å². The maximum Gasteiger partial charge on any atom is 0.334 e. The lowest BCUT2D eigenvalue weighted by molar-refractivity contribution is -0.156. The van der Waals surface area contributed by atoms with Gasteiger partial charge < -0.3 is 9.84 Å². The van der Waals surface area contributed by atoms with Gasteiger partial charge in [0.05, 0.1) is 7.11 Å². The number of rotatable bonds is 3. The van der Waals surface area contributed by atoms with Crippen molar-refractivity contribution in [3.05, 3.63) is 0 Å². The lowest BCUT2D eigenvalue weighted by Gasteiger charge is -2.38. The van der Waals surface area contributed by atoms with Gasteiger partial charge in [-0.1, -0.05) is 27.2 Å². The fraction of sp³-hybridized carbons (Fsp3) is 0.923. The van der Waals surface area contributed by atoms with Crippen LogP contribution in [-0.4, -0.2) is 24.3 Å². The number of hydrogen-bond acceptors (Lipinski definition) is 3.